The number of hydrogen-bond donors (Lipinski definition) is 0. The molecule has 2 aliphatic rings. The zero-order chi connectivity index (χ0) is 12.4. The van der Waals surface area contributed by atoms with Gasteiger partial charge in [0.25, 0.3) is 0 Å². The van der Waals surface area contributed by atoms with Crippen LogP contribution in [-0.4, -0.2) is 43.8 Å². The average Bonchev–Trinajstić information content (AvgIpc) is 2.36. The maximum atomic E-state index is 10.9. The molecule has 0 spiro atoms. The van der Waals surface area contributed by atoms with E-state index in [2.05, 4.69) is 9.98 Å². The molecule has 0 saturated carbocycles. The van der Waals surface area contributed by atoms with Crippen LogP contribution in [0.3, 0.4) is 0 Å². The van der Waals surface area contributed by atoms with Gasteiger partial charge in [-0.3, -0.25) is 9.69 Å². The summed E-state index contributed by atoms with van der Waals surface area (Å²) in [4.78, 5) is 21.1. The summed E-state index contributed by atoms with van der Waals surface area (Å²) >= 11 is 0. The second-order valence-corrected chi connectivity index (χ2v) is 3.57. The van der Waals surface area contributed by atoms with Crippen LogP contribution in [-0.2, 0) is 14.3 Å². The van der Waals surface area contributed by atoms with Gasteiger partial charge >= 0.3 is 0 Å². The third-order valence-corrected chi connectivity index (χ3v) is 2.59. The molecule has 0 bridgehead atoms. The molecule has 0 fully saturated rings. The zero-order valence-corrected chi connectivity index (χ0v) is 9.93. The molecule has 0 aliphatic carbocycles. The number of hydrogen-bond acceptors (Lipinski definition) is 6. The minimum atomic E-state index is 0.411. The van der Waals surface area contributed by atoms with Crippen molar-refractivity contribution in [2.24, 2.45) is 9.98 Å². The maximum Gasteiger partial charge on any atom is 0.236 e. The Bertz CT molecular complexity index is 474. The normalized spacial score (nSPS) is 19.0. The van der Waals surface area contributed by atoms with E-state index in [1.54, 1.807) is 25.0 Å². The Morgan fingerprint density at radius 1 is 1.35 bits per heavy atom. The standard InChI is InChI=1S/C11H13N3O3/c1-7-8(6-15)5-14-10(17-3)4-9(16-2)13-11(14)12-7/h4,6H,5H2,1-3H3. The molecule has 0 amide bonds. The van der Waals surface area contributed by atoms with Crippen molar-refractivity contribution < 1.29 is 14.3 Å². The van der Waals surface area contributed by atoms with Crippen molar-refractivity contribution in [3.63, 3.8) is 0 Å². The molecule has 0 aromatic carbocycles. The molecule has 0 atom stereocenters. The van der Waals surface area contributed by atoms with E-state index in [4.69, 9.17) is 9.47 Å². The van der Waals surface area contributed by atoms with Crippen LogP contribution < -0.4 is 0 Å². The van der Waals surface area contributed by atoms with Gasteiger partial charge in [0.2, 0.25) is 17.7 Å². The molecule has 90 valence electrons. The van der Waals surface area contributed by atoms with Gasteiger partial charge in [0.15, 0.2) is 0 Å². The molecule has 6 nitrogen and oxygen atoms in total. The third-order valence-electron chi connectivity index (χ3n) is 2.59. The van der Waals surface area contributed by atoms with E-state index in [0.717, 1.165) is 6.29 Å². The lowest BCUT2D eigenvalue weighted by molar-refractivity contribution is -0.105. The van der Waals surface area contributed by atoms with Crippen molar-refractivity contribution in [1.82, 2.24) is 4.90 Å². The van der Waals surface area contributed by atoms with Crippen molar-refractivity contribution in [3.8, 4) is 0 Å². The van der Waals surface area contributed by atoms with Gasteiger partial charge < -0.3 is 9.47 Å². The first-order valence-corrected chi connectivity index (χ1v) is 5.09. The zero-order valence-electron chi connectivity index (χ0n) is 9.93. The molecule has 0 saturated heterocycles. The van der Waals surface area contributed by atoms with Crippen LogP contribution in [0.2, 0.25) is 0 Å². The van der Waals surface area contributed by atoms with E-state index in [9.17, 15) is 4.79 Å². The van der Waals surface area contributed by atoms with E-state index >= 15 is 0 Å². The van der Waals surface area contributed by atoms with Crippen LogP contribution in [0.4, 0.5) is 0 Å². The molecular formula is C11H13N3O3. The molecule has 0 N–H and O–H groups in total. The Labute approximate surface area is 98.9 Å². The van der Waals surface area contributed by atoms with E-state index in [-0.39, 0.29) is 0 Å². The van der Waals surface area contributed by atoms with Gasteiger partial charge in [0, 0.05) is 11.3 Å². The Hall–Kier alpha value is -2.11. The Morgan fingerprint density at radius 3 is 2.71 bits per heavy atom. The largest absolute Gasteiger partial charge is 0.482 e. The molecule has 2 heterocycles. The number of carbonyl (C=O) groups excluding carboxylic acids is 1. The smallest absolute Gasteiger partial charge is 0.236 e. The fraction of sp³-hybridized carbons (Fsp3) is 0.364. The van der Waals surface area contributed by atoms with Crippen LogP contribution in [0, 0.1) is 0 Å². The van der Waals surface area contributed by atoms with Crippen molar-refractivity contribution in [2.45, 2.75) is 6.92 Å². The van der Waals surface area contributed by atoms with Crippen LogP contribution in [0.15, 0.2) is 33.2 Å². The SMILES string of the molecule is COC1=CC(OC)=NC2=NC(C)=C(C=O)CN12. The summed E-state index contributed by atoms with van der Waals surface area (Å²) in [6.45, 7) is 2.19. The number of aliphatic imine (C=N–C) groups is 2. The topological polar surface area (TPSA) is 63.5 Å². The highest BCUT2D eigenvalue weighted by Crippen LogP contribution is 2.22. The number of allylic oxidation sites excluding steroid dienone is 1. The first-order chi connectivity index (χ1) is 8.19. The van der Waals surface area contributed by atoms with Gasteiger partial charge in [-0.15, -0.1) is 0 Å². The minimum Gasteiger partial charge on any atom is -0.482 e. The predicted octanol–water partition coefficient (Wildman–Crippen LogP) is 0.677. The van der Waals surface area contributed by atoms with E-state index in [0.29, 0.717) is 35.6 Å². The van der Waals surface area contributed by atoms with Crippen molar-refractivity contribution in [2.75, 3.05) is 20.8 Å². The number of carbonyl (C=O) groups is 1. The summed E-state index contributed by atoms with van der Waals surface area (Å²) in [5.74, 6) is 1.46. The van der Waals surface area contributed by atoms with Crippen molar-refractivity contribution in [3.05, 3.63) is 23.2 Å². The number of fused-ring (bicyclic) bond motifs is 1. The molecule has 0 aromatic heterocycles. The molecule has 2 rings (SSSR count). The number of rotatable bonds is 2. The highest BCUT2D eigenvalue weighted by Gasteiger charge is 2.27. The predicted molar refractivity (Wildman–Crippen MR) is 62.4 cm³/mol. The summed E-state index contributed by atoms with van der Waals surface area (Å²) < 4.78 is 10.3. The highest BCUT2D eigenvalue weighted by molar-refractivity contribution is 6.03. The third kappa shape index (κ3) is 1.93. The Kier molecular flexibility index (Phi) is 2.95. The van der Waals surface area contributed by atoms with Gasteiger partial charge in [0.1, 0.15) is 6.29 Å². The van der Waals surface area contributed by atoms with E-state index < -0.39 is 0 Å². The Morgan fingerprint density at radius 2 is 2.12 bits per heavy atom. The molecule has 6 heteroatoms. The maximum absolute atomic E-state index is 10.9. The lowest BCUT2D eigenvalue weighted by Gasteiger charge is -2.30. The van der Waals surface area contributed by atoms with Crippen molar-refractivity contribution in [1.29, 1.82) is 0 Å². The average molecular weight is 235 g/mol. The quantitative estimate of drug-likeness (QED) is 0.660. The number of ether oxygens (including phenoxy) is 2. The minimum absolute atomic E-state index is 0.411. The Balaban J connectivity index is 2.44. The first kappa shape index (κ1) is 11.4. The lowest BCUT2D eigenvalue weighted by atomic mass is 10.2. The fourth-order valence-corrected chi connectivity index (χ4v) is 1.61. The van der Waals surface area contributed by atoms with Gasteiger partial charge in [-0.1, -0.05) is 0 Å². The molecule has 17 heavy (non-hydrogen) atoms. The van der Waals surface area contributed by atoms with E-state index in [1.165, 1.54) is 7.11 Å². The highest BCUT2D eigenvalue weighted by atomic mass is 16.5. The van der Waals surface area contributed by atoms with E-state index in [1.807, 2.05) is 0 Å². The molecular weight excluding hydrogens is 222 g/mol. The summed E-state index contributed by atoms with van der Waals surface area (Å²) in [5, 5.41) is 0. The van der Waals surface area contributed by atoms with Crippen LogP contribution in [0.1, 0.15) is 6.92 Å². The summed E-state index contributed by atoms with van der Waals surface area (Å²) in [6.07, 6.45) is 2.46. The van der Waals surface area contributed by atoms with Crippen LogP contribution in [0.25, 0.3) is 0 Å². The monoisotopic (exact) mass is 235 g/mol. The van der Waals surface area contributed by atoms with Crippen LogP contribution in [0.5, 0.6) is 0 Å². The number of aldehydes is 1. The number of methoxy groups -OCH3 is 2. The van der Waals surface area contributed by atoms with Crippen molar-refractivity contribution >= 4 is 18.1 Å². The van der Waals surface area contributed by atoms with Gasteiger partial charge in [-0.25, -0.2) is 4.99 Å². The molecule has 0 aromatic rings. The number of guanidine groups is 1. The lowest BCUT2D eigenvalue weighted by Crippen LogP contribution is -2.38. The molecule has 2 aliphatic heterocycles. The molecule has 0 radical (unpaired) electrons. The van der Waals surface area contributed by atoms with Gasteiger partial charge in [-0.2, -0.15) is 4.99 Å². The second-order valence-electron chi connectivity index (χ2n) is 3.57. The number of nitrogens with zero attached hydrogens (tertiary/aromatic N) is 3. The fourth-order valence-electron chi connectivity index (χ4n) is 1.61. The summed E-state index contributed by atoms with van der Waals surface area (Å²) in [7, 11) is 3.08. The van der Waals surface area contributed by atoms with Gasteiger partial charge in [0.05, 0.1) is 26.8 Å². The molecule has 0 unspecified atom stereocenters. The van der Waals surface area contributed by atoms with Crippen LogP contribution >= 0.6 is 0 Å². The summed E-state index contributed by atoms with van der Waals surface area (Å²) in [5.41, 5.74) is 1.29. The summed E-state index contributed by atoms with van der Waals surface area (Å²) in [6, 6.07) is 0. The first-order valence-electron chi connectivity index (χ1n) is 5.09. The van der Waals surface area contributed by atoms with Gasteiger partial charge in [-0.05, 0) is 6.92 Å². The second kappa shape index (κ2) is 4.40.